The number of ether oxygens (including phenoxy) is 3. The molecule has 0 N–H and O–H groups in total. The standard InChI is InChI=1S/C36H32N4O7S/c1-6-47-35(42)31-32(23-10-8-7-9-11-23)37-36-39(33(31)24-12-17-28(45-4)29(19-24)46-5)34(41)30(48-36)20-25-18-21(2)38(22(25)3)26-13-15-27(16-14-26)40(43)44/h7-20,33H,6H2,1-5H3/b30-20-/t33-/m1/s1. The first-order valence-electron chi connectivity index (χ1n) is 15.1. The van der Waals surface area contributed by atoms with Crippen molar-refractivity contribution in [1.82, 2.24) is 9.13 Å². The van der Waals surface area contributed by atoms with E-state index in [0.29, 0.717) is 37.7 Å². The first-order valence-corrected chi connectivity index (χ1v) is 15.9. The molecule has 0 radical (unpaired) electrons. The number of nitro groups is 1. The number of hydrogen-bond acceptors (Lipinski definition) is 9. The van der Waals surface area contributed by atoms with E-state index in [0.717, 1.165) is 22.6 Å². The quantitative estimate of drug-likeness (QED) is 0.119. The van der Waals surface area contributed by atoms with Crippen molar-refractivity contribution in [3.63, 3.8) is 0 Å². The number of esters is 1. The second kappa shape index (κ2) is 13.2. The molecule has 0 unspecified atom stereocenters. The number of aryl methyl sites for hydroxylation is 1. The first kappa shape index (κ1) is 32.2. The van der Waals surface area contributed by atoms with Gasteiger partial charge in [-0.2, -0.15) is 0 Å². The minimum atomic E-state index is -0.884. The number of fused-ring (bicyclic) bond motifs is 1. The highest BCUT2D eigenvalue weighted by atomic mass is 32.1. The Hall–Kier alpha value is -5.75. The molecular formula is C36H32N4O7S. The summed E-state index contributed by atoms with van der Waals surface area (Å²) in [7, 11) is 3.06. The summed E-state index contributed by atoms with van der Waals surface area (Å²) in [6.45, 7) is 5.73. The van der Waals surface area contributed by atoms with Gasteiger partial charge in [0.25, 0.3) is 11.2 Å². The molecule has 0 fully saturated rings. The van der Waals surface area contributed by atoms with Crippen LogP contribution in [0, 0.1) is 24.0 Å². The van der Waals surface area contributed by atoms with Crippen LogP contribution in [0.5, 0.6) is 11.5 Å². The zero-order valence-corrected chi connectivity index (χ0v) is 27.7. The van der Waals surface area contributed by atoms with Crippen molar-refractivity contribution in [3.05, 3.63) is 142 Å². The van der Waals surface area contributed by atoms with Gasteiger partial charge < -0.3 is 18.8 Å². The molecule has 2 aromatic heterocycles. The molecule has 1 atom stereocenters. The van der Waals surface area contributed by atoms with Crippen LogP contribution in [-0.4, -0.2) is 40.9 Å². The fraction of sp³-hybridized carbons (Fsp3) is 0.194. The van der Waals surface area contributed by atoms with Crippen LogP contribution in [0.25, 0.3) is 17.5 Å². The van der Waals surface area contributed by atoms with Gasteiger partial charge in [-0.3, -0.25) is 19.5 Å². The van der Waals surface area contributed by atoms with Crippen LogP contribution in [0.4, 0.5) is 5.69 Å². The molecule has 12 heteroatoms. The van der Waals surface area contributed by atoms with Crippen molar-refractivity contribution in [3.8, 4) is 17.2 Å². The minimum Gasteiger partial charge on any atom is -0.493 e. The van der Waals surface area contributed by atoms with Crippen LogP contribution in [0.2, 0.25) is 0 Å². The number of aromatic nitrogens is 2. The summed E-state index contributed by atoms with van der Waals surface area (Å²) in [5, 5.41) is 11.2. The fourth-order valence-corrected chi connectivity index (χ4v) is 6.97. The third-order valence-corrected chi connectivity index (χ3v) is 9.16. The molecule has 3 aromatic carbocycles. The molecule has 244 valence electrons. The van der Waals surface area contributed by atoms with E-state index in [-0.39, 0.29) is 23.4 Å². The maximum absolute atomic E-state index is 14.4. The Balaban J connectivity index is 1.59. The van der Waals surface area contributed by atoms with Crippen LogP contribution in [0.3, 0.4) is 0 Å². The molecule has 0 saturated heterocycles. The molecular weight excluding hydrogens is 632 g/mol. The summed E-state index contributed by atoms with van der Waals surface area (Å²) < 4.78 is 20.6. The van der Waals surface area contributed by atoms with E-state index in [1.807, 2.05) is 60.9 Å². The van der Waals surface area contributed by atoms with Gasteiger partial charge in [0.2, 0.25) is 0 Å². The fourth-order valence-electron chi connectivity index (χ4n) is 5.97. The zero-order valence-electron chi connectivity index (χ0n) is 26.9. The van der Waals surface area contributed by atoms with E-state index in [9.17, 15) is 19.7 Å². The Morgan fingerprint density at radius 2 is 1.71 bits per heavy atom. The summed E-state index contributed by atoms with van der Waals surface area (Å²) in [5.41, 5.74) is 4.93. The predicted octanol–water partition coefficient (Wildman–Crippen LogP) is 5.27. The summed E-state index contributed by atoms with van der Waals surface area (Å²) >= 11 is 1.22. The third-order valence-electron chi connectivity index (χ3n) is 8.17. The number of nitrogens with zero attached hydrogens (tertiary/aromatic N) is 4. The first-order chi connectivity index (χ1) is 23.2. The highest BCUT2D eigenvalue weighted by molar-refractivity contribution is 7.07. The second-order valence-corrected chi connectivity index (χ2v) is 12.0. The monoisotopic (exact) mass is 664 g/mol. The lowest BCUT2D eigenvalue weighted by Gasteiger charge is -2.26. The minimum absolute atomic E-state index is 0.00337. The SMILES string of the molecule is CCOC(=O)C1=C(c2ccccc2)N=c2s/c(=C\c3cc(C)n(-c4ccc([N+](=O)[O-])cc4)c3C)c(=O)n2[C@@H]1c1ccc(OC)c(OC)c1. The molecule has 0 aliphatic carbocycles. The molecule has 11 nitrogen and oxygen atoms in total. The molecule has 3 heterocycles. The van der Waals surface area contributed by atoms with E-state index in [1.165, 1.54) is 42.3 Å². The van der Waals surface area contributed by atoms with Gasteiger partial charge in [-0.15, -0.1) is 0 Å². The number of carbonyl (C=O) groups excluding carboxylic acids is 1. The molecule has 0 amide bonds. The molecule has 0 spiro atoms. The summed E-state index contributed by atoms with van der Waals surface area (Å²) in [5.74, 6) is 0.361. The van der Waals surface area contributed by atoms with Gasteiger partial charge in [-0.25, -0.2) is 9.79 Å². The smallest absolute Gasteiger partial charge is 0.338 e. The second-order valence-electron chi connectivity index (χ2n) is 11.0. The van der Waals surface area contributed by atoms with Crippen LogP contribution >= 0.6 is 11.3 Å². The number of hydrogen-bond donors (Lipinski definition) is 0. The van der Waals surface area contributed by atoms with Gasteiger partial charge >= 0.3 is 5.97 Å². The number of carbonyl (C=O) groups is 1. The number of rotatable bonds is 9. The number of thiazole rings is 1. The zero-order chi connectivity index (χ0) is 34.1. The molecule has 6 rings (SSSR count). The Morgan fingerprint density at radius 3 is 2.35 bits per heavy atom. The Bertz CT molecular complexity index is 2270. The van der Waals surface area contributed by atoms with Gasteiger partial charge in [-0.05, 0) is 68.3 Å². The summed E-state index contributed by atoms with van der Waals surface area (Å²) in [4.78, 5) is 44.3. The van der Waals surface area contributed by atoms with Crippen LogP contribution in [0.15, 0.2) is 94.2 Å². The number of non-ortho nitro benzene ring substituents is 1. The maximum atomic E-state index is 14.4. The average Bonchev–Trinajstić information content (AvgIpc) is 3.56. The molecule has 0 bridgehead atoms. The molecule has 48 heavy (non-hydrogen) atoms. The number of methoxy groups -OCH3 is 2. The van der Waals surface area contributed by atoms with Crippen molar-refractivity contribution < 1.29 is 23.9 Å². The van der Waals surface area contributed by atoms with Crippen molar-refractivity contribution >= 4 is 34.8 Å². The normalized spacial score (nSPS) is 14.4. The Morgan fingerprint density at radius 1 is 1.00 bits per heavy atom. The molecule has 1 aliphatic rings. The Kier molecular flexibility index (Phi) is 8.83. The largest absolute Gasteiger partial charge is 0.493 e. The van der Waals surface area contributed by atoms with Crippen LogP contribution < -0.4 is 24.4 Å². The topological polar surface area (TPSA) is 127 Å². The van der Waals surface area contributed by atoms with E-state index < -0.39 is 16.9 Å². The lowest BCUT2D eigenvalue weighted by Crippen LogP contribution is -2.40. The maximum Gasteiger partial charge on any atom is 0.338 e. The van der Waals surface area contributed by atoms with Crippen LogP contribution in [-0.2, 0) is 9.53 Å². The summed E-state index contributed by atoms with van der Waals surface area (Å²) in [6.07, 6.45) is 1.82. The van der Waals surface area contributed by atoms with Gasteiger partial charge in [0, 0.05) is 34.8 Å². The van der Waals surface area contributed by atoms with Crippen molar-refractivity contribution in [2.24, 2.45) is 4.99 Å². The van der Waals surface area contributed by atoms with E-state index in [4.69, 9.17) is 19.2 Å². The molecule has 1 aliphatic heterocycles. The van der Waals surface area contributed by atoms with Gasteiger partial charge in [0.15, 0.2) is 16.3 Å². The Labute approximate surface area is 279 Å². The van der Waals surface area contributed by atoms with Gasteiger partial charge in [0.05, 0.1) is 47.6 Å². The lowest BCUT2D eigenvalue weighted by atomic mass is 9.93. The van der Waals surface area contributed by atoms with E-state index >= 15 is 0 Å². The third kappa shape index (κ3) is 5.71. The molecule has 0 saturated carbocycles. The number of benzene rings is 3. The van der Waals surface area contributed by atoms with Gasteiger partial charge in [-0.1, -0.05) is 47.7 Å². The lowest BCUT2D eigenvalue weighted by molar-refractivity contribution is -0.384. The number of nitro benzene ring substituents is 1. The van der Waals surface area contributed by atoms with E-state index in [1.54, 1.807) is 37.3 Å². The van der Waals surface area contributed by atoms with Crippen molar-refractivity contribution in [2.45, 2.75) is 26.8 Å². The van der Waals surface area contributed by atoms with Crippen LogP contribution in [0.1, 0.15) is 41.0 Å². The van der Waals surface area contributed by atoms with E-state index in [2.05, 4.69) is 0 Å². The predicted molar refractivity (Wildman–Crippen MR) is 183 cm³/mol. The molecule has 5 aromatic rings. The van der Waals surface area contributed by atoms with Crippen molar-refractivity contribution in [2.75, 3.05) is 20.8 Å². The van der Waals surface area contributed by atoms with Gasteiger partial charge in [0.1, 0.15) is 0 Å². The summed E-state index contributed by atoms with van der Waals surface area (Å²) in [6, 6.07) is 22.0. The highest BCUT2D eigenvalue weighted by Crippen LogP contribution is 2.38. The van der Waals surface area contributed by atoms with Crippen molar-refractivity contribution in [1.29, 1.82) is 0 Å². The highest BCUT2D eigenvalue weighted by Gasteiger charge is 2.35. The average molecular weight is 665 g/mol.